The van der Waals surface area contributed by atoms with Crippen LogP contribution in [0.25, 0.3) is 0 Å². The van der Waals surface area contributed by atoms with Gasteiger partial charge in [0.1, 0.15) is 17.1 Å². The van der Waals surface area contributed by atoms with Crippen molar-refractivity contribution in [2.24, 2.45) is 0 Å². The fourth-order valence-corrected chi connectivity index (χ4v) is 5.65. The maximum absolute atomic E-state index is 12.8. The van der Waals surface area contributed by atoms with Gasteiger partial charge in [-0.05, 0) is 38.0 Å². The largest absolute Gasteiger partial charge is 0.494 e. The summed E-state index contributed by atoms with van der Waals surface area (Å²) in [5.41, 5.74) is 2.09. The molecular formula is C28H37N3O3. The number of ether oxygens (including phenoxy) is 2. The molecule has 1 spiro atoms. The van der Waals surface area contributed by atoms with Crippen LogP contribution < -0.4 is 19.7 Å². The van der Waals surface area contributed by atoms with Gasteiger partial charge < -0.3 is 24.6 Å². The molecular weight excluding hydrogens is 426 g/mol. The number of likely N-dealkylation sites (tertiary alicyclic amines) is 1. The number of hydrogen-bond acceptors (Lipinski definition) is 4. The molecule has 2 aromatic rings. The lowest BCUT2D eigenvalue weighted by atomic mass is 9.87. The molecule has 6 heteroatoms. The van der Waals surface area contributed by atoms with Gasteiger partial charge in [0, 0.05) is 57.0 Å². The second-order valence-corrected chi connectivity index (χ2v) is 9.88. The normalized spacial score (nSPS) is 19.9. The number of para-hydroxylation sites is 3. The summed E-state index contributed by atoms with van der Waals surface area (Å²) in [5.74, 6) is 1.89. The van der Waals surface area contributed by atoms with Crippen LogP contribution in [-0.2, 0) is 6.54 Å². The Kier molecular flexibility index (Phi) is 6.84. The lowest BCUT2D eigenvalue weighted by Crippen LogP contribution is -2.53. The zero-order valence-electron chi connectivity index (χ0n) is 20.3. The van der Waals surface area contributed by atoms with Gasteiger partial charge in [0.15, 0.2) is 0 Å². The van der Waals surface area contributed by atoms with Crippen LogP contribution in [0.3, 0.4) is 0 Å². The molecule has 2 fully saturated rings. The highest BCUT2D eigenvalue weighted by atomic mass is 16.5. The molecule has 182 valence electrons. The van der Waals surface area contributed by atoms with Gasteiger partial charge in [0.25, 0.3) is 0 Å². The number of anilines is 1. The average Bonchev–Trinajstić information content (AvgIpc) is 3.32. The van der Waals surface area contributed by atoms with Gasteiger partial charge in [0.05, 0.1) is 12.3 Å². The Bertz CT molecular complexity index is 980. The van der Waals surface area contributed by atoms with E-state index in [9.17, 15) is 4.79 Å². The first-order chi connectivity index (χ1) is 16.7. The molecule has 0 unspecified atom stereocenters. The third kappa shape index (κ3) is 4.96. The molecule has 3 aliphatic rings. The number of rotatable bonds is 5. The first-order valence-electron chi connectivity index (χ1n) is 12.9. The summed E-state index contributed by atoms with van der Waals surface area (Å²) in [5, 5.41) is 3.24. The maximum atomic E-state index is 12.8. The lowest BCUT2D eigenvalue weighted by molar-refractivity contribution is 0.00933. The Labute approximate surface area is 203 Å². The van der Waals surface area contributed by atoms with Crippen LogP contribution >= 0.6 is 0 Å². The van der Waals surface area contributed by atoms with E-state index in [4.69, 9.17) is 9.47 Å². The van der Waals surface area contributed by atoms with Crippen molar-refractivity contribution in [2.75, 3.05) is 31.1 Å². The molecule has 6 nitrogen and oxygen atoms in total. The van der Waals surface area contributed by atoms with Crippen molar-refractivity contribution in [1.82, 2.24) is 10.2 Å². The summed E-state index contributed by atoms with van der Waals surface area (Å²) in [4.78, 5) is 17.2. The second kappa shape index (κ2) is 10.2. The predicted molar refractivity (Wildman–Crippen MR) is 135 cm³/mol. The van der Waals surface area contributed by atoms with E-state index >= 15 is 0 Å². The Morgan fingerprint density at radius 2 is 1.74 bits per heavy atom. The predicted octanol–water partition coefficient (Wildman–Crippen LogP) is 5.36. The van der Waals surface area contributed by atoms with Crippen molar-refractivity contribution in [3.8, 4) is 11.5 Å². The molecule has 34 heavy (non-hydrogen) atoms. The van der Waals surface area contributed by atoms with Crippen LogP contribution in [0.4, 0.5) is 10.5 Å². The number of amides is 2. The zero-order chi connectivity index (χ0) is 23.4. The molecule has 0 atom stereocenters. The van der Waals surface area contributed by atoms with E-state index in [-0.39, 0.29) is 11.6 Å². The van der Waals surface area contributed by atoms with E-state index in [1.54, 1.807) is 0 Å². The minimum absolute atomic E-state index is 0.102. The van der Waals surface area contributed by atoms with Crippen LogP contribution in [0.5, 0.6) is 11.5 Å². The van der Waals surface area contributed by atoms with Gasteiger partial charge in [-0.15, -0.1) is 0 Å². The molecule has 2 heterocycles. The number of nitrogens with zero attached hydrogens (tertiary/aromatic N) is 2. The second-order valence-electron chi connectivity index (χ2n) is 9.88. The van der Waals surface area contributed by atoms with Gasteiger partial charge in [0.2, 0.25) is 0 Å². The molecule has 1 saturated carbocycles. The number of piperidine rings is 1. The Balaban J connectivity index is 1.28. The highest BCUT2D eigenvalue weighted by Gasteiger charge is 2.41. The summed E-state index contributed by atoms with van der Waals surface area (Å²) < 4.78 is 12.6. The minimum Gasteiger partial charge on any atom is -0.494 e. The Hall–Kier alpha value is -2.89. The van der Waals surface area contributed by atoms with Crippen molar-refractivity contribution in [1.29, 1.82) is 0 Å². The van der Waals surface area contributed by atoms with Crippen LogP contribution in [0.15, 0.2) is 48.5 Å². The van der Waals surface area contributed by atoms with Gasteiger partial charge in [-0.3, -0.25) is 0 Å². The SMILES string of the molecule is CCOc1ccccc1CN1CCC2(CCN(C(=O)NC3CCCC3)CC2)Oc2ccccc21. The zero-order valence-corrected chi connectivity index (χ0v) is 20.3. The van der Waals surface area contributed by atoms with Crippen molar-refractivity contribution >= 4 is 11.7 Å². The number of benzene rings is 2. The van der Waals surface area contributed by atoms with Crippen molar-refractivity contribution in [2.45, 2.75) is 70.1 Å². The van der Waals surface area contributed by atoms with Crippen LogP contribution in [0.1, 0.15) is 57.4 Å². The molecule has 1 aliphatic carbocycles. The summed E-state index contributed by atoms with van der Waals surface area (Å²) in [7, 11) is 0. The quantitative estimate of drug-likeness (QED) is 0.649. The molecule has 0 bridgehead atoms. The van der Waals surface area contributed by atoms with Crippen molar-refractivity contribution < 1.29 is 14.3 Å². The Morgan fingerprint density at radius 3 is 2.53 bits per heavy atom. The third-order valence-corrected chi connectivity index (χ3v) is 7.65. The van der Waals surface area contributed by atoms with Crippen LogP contribution in [-0.4, -0.2) is 48.8 Å². The fourth-order valence-electron chi connectivity index (χ4n) is 5.65. The van der Waals surface area contributed by atoms with Gasteiger partial charge in [-0.1, -0.05) is 43.2 Å². The van der Waals surface area contributed by atoms with Crippen LogP contribution in [0.2, 0.25) is 0 Å². The topological polar surface area (TPSA) is 54.0 Å². The lowest BCUT2D eigenvalue weighted by Gasteiger charge is -2.41. The molecule has 2 amide bonds. The van der Waals surface area contributed by atoms with Crippen LogP contribution in [0, 0.1) is 0 Å². The molecule has 2 aliphatic heterocycles. The first kappa shape index (κ1) is 22.9. The van der Waals surface area contributed by atoms with Crippen molar-refractivity contribution in [3.05, 3.63) is 54.1 Å². The number of urea groups is 1. The van der Waals surface area contributed by atoms with Gasteiger partial charge in [-0.25, -0.2) is 4.79 Å². The third-order valence-electron chi connectivity index (χ3n) is 7.65. The standard InChI is InChI=1S/C28H37N3O3/c1-2-33-25-13-7-3-9-22(25)21-31-20-17-28(34-26-14-8-6-12-24(26)31)15-18-30(19-16-28)27(32)29-23-10-4-5-11-23/h3,6-9,12-14,23H,2,4-5,10-11,15-21H2,1H3,(H,29,32). The highest BCUT2D eigenvalue weighted by Crippen LogP contribution is 2.41. The van der Waals surface area contributed by atoms with E-state index < -0.39 is 0 Å². The first-order valence-corrected chi connectivity index (χ1v) is 12.9. The highest BCUT2D eigenvalue weighted by molar-refractivity contribution is 5.74. The van der Waals surface area contributed by atoms with Crippen molar-refractivity contribution in [3.63, 3.8) is 0 Å². The summed E-state index contributed by atoms with van der Waals surface area (Å²) >= 11 is 0. The number of fused-ring (bicyclic) bond motifs is 1. The summed E-state index contributed by atoms with van der Waals surface area (Å²) in [6.45, 7) is 5.86. The van der Waals surface area contributed by atoms with E-state index in [1.807, 2.05) is 30.0 Å². The smallest absolute Gasteiger partial charge is 0.317 e. The molecule has 0 radical (unpaired) electrons. The number of carbonyl (C=O) groups is 1. The van der Waals surface area contributed by atoms with E-state index in [1.165, 1.54) is 18.4 Å². The summed E-state index contributed by atoms with van der Waals surface area (Å²) in [6.07, 6.45) is 7.36. The molecule has 2 aromatic carbocycles. The van der Waals surface area contributed by atoms with Gasteiger partial charge in [-0.2, -0.15) is 0 Å². The minimum atomic E-state index is -0.228. The average molecular weight is 464 g/mol. The van der Waals surface area contributed by atoms with E-state index in [0.717, 1.165) is 75.5 Å². The number of hydrogen-bond donors (Lipinski definition) is 1. The maximum Gasteiger partial charge on any atom is 0.317 e. The van der Waals surface area contributed by atoms with Gasteiger partial charge >= 0.3 is 6.03 Å². The Morgan fingerprint density at radius 1 is 1.03 bits per heavy atom. The molecule has 5 rings (SSSR count). The molecule has 0 aromatic heterocycles. The number of carbonyl (C=O) groups excluding carboxylic acids is 1. The van der Waals surface area contributed by atoms with E-state index in [0.29, 0.717) is 12.6 Å². The number of nitrogens with one attached hydrogen (secondary N) is 1. The monoisotopic (exact) mass is 463 g/mol. The summed E-state index contributed by atoms with van der Waals surface area (Å²) in [6, 6.07) is 17.1. The molecule has 1 N–H and O–H groups in total. The molecule has 1 saturated heterocycles. The van der Waals surface area contributed by atoms with E-state index in [2.05, 4.69) is 40.5 Å². The fraction of sp³-hybridized carbons (Fsp3) is 0.536.